The quantitative estimate of drug-likeness (QED) is 0.453. The van der Waals surface area contributed by atoms with Crippen LogP contribution < -0.4 is 10.1 Å². The van der Waals surface area contributed by atoms with Crippen LogP contribution >= 0.6 is 11.3 Å². The summed E-state index contributed by atoms with van der Waals surface area (Å²) in [5.41, 5.74) is 2.69. The van der Waals surface area contributed by atoms with Crippen LogP contribution in [0.5, 0.6) is 5.88 Å². The molecule has 1 aliphatic heterocycles. The zero-order valence-electron chi connectivity index (χ0n) is 19.1. The lowest BCUT2D eigenvalue weighted by Gasteiger charge is -2.38. The van der Waals surface area contributed by atoms with E-state index in [1.54, 1.807) is 29.1 Å². The molecule has 0 radical (unpaired) electrons. The van der Waals surface area contributed by atoms with Crippen LogP contribution in [0.3, 0.4) is 0 Å². The molecule has 1 aliphatic rings. The number of anilines is 1. The van der Waals surface area contributed by atoms with Crippen molar-refractivity contribution in [2.45, 2.75) is 24.9 Å². The number of amides is 2. The molecule has 0 bridgehead atoms. The number of urea groups is 1. The molecular formula is C24H26N6O3S. The predicted octanol–water partition coefficient (Wildman–Crippen LogP) is 3.70. The Kier molecular flexibility index (Phi) is 5.93. The van der Waals surface area contributed by atoms with Crippen molar-refractivity contribution in [1.29, 1.82) is 0 Å². The Bertz CT molecular complexity index is 1310. The Hall–Kier alpha value is -3.50. The molecule has 176 valence electrons. The van der Waals surface area contributed by atoms with Gasteiger partial charge >= 0.3 is 6.03 Å². The molecule has 0 spiro atoms. The molecule has 34 heavy (non-hydrogen) atoms. The number of carbonyl (C=O) groups excluding carboxylic acids is 1. The third kappa shape index (κ3) is 4.46. The Morgan fingerprint density at radius 3 is 2.68 bits per heavy atom. The number of rotatable bonds is 5. The fourth-order valence-corrected chi connectivity index (χ4v) is 5.29. The Morgan fingerprint density at radius 2 is 2.00 bits per heavy atom. The number of aliphatic hydroxyl groups is 1. The average Bonchev–Trinajstić information content (AvgIpc) is 3.45. The van der Waals surface area contributed by atoms with Gasteiger partial charge in [-0.05, 0) is 18.4 Å². The van der Waals surface area contributed by atoms with Crippen LogP contribution in [0.15, 0.2) is 48.9 Å². The van der Waals surface area contributed by atoms with E-state index in [2.05, 4.69) is 20.4 Å². The monoisotopic (exact) mass is 478 g/mol. The normalized spacial score (nSPS) is 15.4. The molecule has 4 heterocycles. The first kappa shape index (κ1) is 22.3. The molecule has 5 rings (SSSR count). The second-order valence-electron chi connectivity index (χ2n) is 8.58. The van der Waals surface area contributed by atoms with Crippen molar-refractivity contribution in [2.75, 3.05) is 25.5 Å². The predicted molar refractivity (Wildman–Crippen MR) is 131 cm³/mol. The van der Waals surface area contributed by atoms with Crippen LogP contribution in [0.2, 0.25) is 0 Å². The molecular weight excluding hydrogens is 452 g/mol. The number of nitrogens with one attached hydrogen (secondary N) is 1. The van der Waals surface area contributed by atoms with E-state index in [-0.39, 0.29) is 6.03 Å². The molecule has 0 saturated carbocycles. The van der Waals surface area contributed by atoms with Crippen molar-refractivity contribution in [3.8, 4) is 17.0 Å². The van der Waals surface area contributed by atoms with Gasteiger partial charge < -0.3 is 14.7 Å². The van der Waals surface area contributed by atoms with Gasteiger partial charge in [0.1, 0.15) is 5.52 Å². The van der Waals surface area contributed by atoms with Gasteiger partial charge in [0.05, 0.1) is 23.6 Å². The maximum absolute atomic E-state index is 13.0. The van der Waals surface area contributed by atoms with Gasteiger partial charge in [0.2, 0.25) is 5.88 Å². The van der Waals surface area contributed by atoms with Gasteiger partial charge in [0, 0.05) is 50.1 Å². The Labute approximate surface area is 201 Å². The van der Waals surface area contributed by atoms with Gasteiger partial charge in [-0.1, -0.05) is 41.7 Å². The largest absolute Gasteiger partial charge is 0.479 e. The van der Waals surface area contributed by atoms with Gasteiger partial charge in [-0.25, -0.2) is 14.8 Å². The number of aromatic nitrogens is 4. The highest BCUT2D eigenvalue weighted by Crippen LogP contribution is 2.38. The summed E-state index contributed by atoms with van der Waals surface area (Å²) in [6, 6.07) is 9.73. The van der Waals surface area contributed by atoms with E-state index in [1.165, 1.54) is 11.3 Å². The van der Waals surface area contributed by atoms with E-state index in [4.69, 9.17) is 4.74 Å². The number of fused-ring (bicyclic) bond motifs is 1. The fraction of sp³-hybridized carbons (Fsp3) is 0.333. The van der Waals surface area contributed by atoms with E-state index in [1.807, 2.05) is 43.6 Å². The van der Waals surface area contributed by atoms with Crippen LogP contribution in [0, 0.1) is 0 Å². The molecule has 2 N–H and O–H groups in total. The number of thiazole rings is 1. The molecule has 9 nitrogen and oxygen atoms in total. The number of hydrogen-bond acceptors (Lipinski definition) is 7. The number of nitrogens with zero attached hydrogens (tertiary/aromatic N) is 5. The van der Waals surface area contributed by atoms with E-state index in [9.17, 15) is 9.90 Å². The number of likely N-dealkylation sites (tertiary alicyclic amines) is 1. The third-order valence-corrected chi connectivity index (χ3v) is 7.17. The molecule has 3 aromatic heterocycles. The highest BCUT2D eigenvalue weighted by atomic mass is 32.1. The number of ether oxygens (including phenoxy) is 1. The second kappa shape index (κ2) is 9.03. The first-order valence-electron chi connectivity index (χ1n) is 11.1. The summed E-state index contributed by atoms with van der Waals surface area (Å²) >= 11 is 1.38. The highest BCUT2D eigenvalue weighted by molar-refractivity contribution is 7.23. The minimum Gasteiger partial charge on any atom is -0.479 e. The van der Waals surface area contributed by atoms with Gasteiger partial charge in [-0.3, -0.25) is 10.00 Å². The van der Waals surface area contributed by atoms with E-state index < -0.39 is 5.60 Å². The highest BCUT2D eigenvalue weighted by Gasteiger charge is 2.34. The zero-order valence-corrected chi connectivity index (χ0v) is 19.9. The van der Waals surface area contributed by atoms with Crippen molar-refractivity contribution >= 4 is 32.7 Å². The number of piperidine rings is 1. The molecule has 1 fully saturated rings. The number of methoxy groups -OCH3 is 1. The fourth-order valence-electron chi connectivity index (χ4n) is 4.31. The number of carbonyl (C=O) groups is 1. The van der Waals surface area contributed by atoms with Crippen molar-refractivity contribution in [3.05, 3.63) is 54.5 Å². The zero-order chi connectivity index (χ0) is 23.7. The molecule has 10 heteroatoms. The molecule has 0 aliphatic carbocycles. The SMILES string of the molecule is COc1ncc(-c2cnn(C)c2)c2sc(NC(=O)N3CCC(O)(Cc4ccccc4)CC3)nc12. The second-order valence-corrected chi connectivity index (χ2v) is 9.58. The number of hydrogen-bond donors (Lipinski definition) is 2. The first-order chi connectivity index (χ1) is 16.4. The van der Waals surface area contributed by atoms with Crippen LogP contribution in [0.25, 0.3) is 21.3 Å². The number of pyridine rings is 1. The average molecular weight is 479 g/mol. The molecule has 4 aromatic rings. The lowest BCUT2D eigenvalue weighted by Crippen LogP contribution is -2.49. The van der Waals surface area contributed by atoms with Crippen LogP contribution in [0.1, 0.15) is 18.4 Å². The summed E-state index contributed by atoms with van der Waals surface area (Å²) in [7, 11) is 3.41. The maximum Gasteiger partial charge on any atom is 0.323 e. The van der Waals surface area contributed by atoms with Gasteiger partial charge in [0.25, 0.3) is 0 Å². The lowest BCUT2D eigenvalue weighted by molar-refractivity contribution is -0.0104. The summed E-state index contributed by atoms with van der Waals surface area (Å²) in [6.07, 6.45) is 7.05. The standard InChI is InChI=1S/C24H26N6O3S/c1-29-15-17(13-26-29)18-14-25-21(33-2)19-20(18)34-22(27-19)28-23(31)30-10-8-24(32,9-11-30)12-16-6-4-3-5-7-16/h3-7,13-15,32H,8-12H2,1-2H3,(H,27,28,31). The van der Waals surface area contributed by atoms with Crippen molar-refractivity contribution < 1.29 is 14.6 Å². The molecule has 0 unspecified atom stereocenters. The summed E-state index contributed by atoms with van der Waals surface area (Å²) in [6.45, 7) is 0.956. The van der Waals surface area contributed by atoms with E-state index in [0.717, 1.165) is 21.4 Å². The minimum atomic E-state index is -0.800. The topological polar surface area (TPSA) is 105 Å². The third-order valence-electron chi connectivity index (χ3n) is 6.17. The lowest BCUT2D eigenvalue weighted by atomic mass is 9.85. The van der Waals surface area contributed by atoms with E-state index >= 15 is 0 Å². The Balaban J connectivity index is 1.30. The molecule has 2 amide bonds. The number of benzene rings is 1. The van der Waals surface area contributed by atoms with Crippen molar-refractivity contribution in [1.82, 2.24) is 24.6 Å². The van der Waals surface area contributed by atoms with Gasteiger partial charge in [0.15, 0.2) is 5.13 Å². The Morgan fingerprint density at radius 1 is 1.24 bits per heavy atom. The first-order valence-corrected chi connectivity index (χ1v) is 11.9. The summed E-state index contributed by atoms with van der Waals surface area (Å²) < 4.78 is 7.98. The van der Waals surface area contributed by atoms with Gasteiger partial charge in [-0.15, -0.1) is 0 Å². The number of aryl methyl sites for hydroxylation is 1. The van der Waals surface area contributed by atoms with Crippen molar-refractivity contribution in [3.63, 3.8) is 0 Å². The summed E-state index contributed by atoms with van der Waals surface area (Å²) in [4.78, 5) is 23.7. The van der Waals surface area contributed by atoms with Gasteiger partial charge in [-0.2, -0.15) is 5.10 Å². The van der Waals surface area contributed by atoms with Crippen LogP contribution in [-0.2, 0) is 13.5 Å². The van der Waals surface area contributed by atoms with Crippen molar-refractivity contribution in [2.24, 2.45) is 7.05 Å². The molecule has 1 aromatic carbocycles. The minimum absolute atomic E-state index is 0.226. The van der Waals surface area contributed by atoms with E-state index in [0.29, 0.717) is 48.9 Å². The molecule has 1 saturated heterocycles. The summed E-state index contributed by atoms with van der Waals surface area (Å²) in [5.74, 6) is 0.406. The van der Waals surface area contributed by atoms with Crippen LogP contribution in [0.4, 0.5) is 9.93 Å². The maximum atomic E-state index is 13.0. The molecule has 0 atom stereocenters. The van der Waals surface area contributed by atoms with Crippen LogP contribution in [-0.4, -0.2) is 61.6 Å². The smallest absolute Gasteiger partial charge is 0.323 e. The summed E-state index contributed by atoms with van der Waals surface area (Å²) in [5, 5.41) is 18.6.